The summed E-state index contributed by atoms with van der Waals surface area (Å²) in [5, 5.41) is 18.9. The van der Waals surface area contributed by atoms with E-state index in [1.54, 1.807) is 99.6 Å². The fourth-order valence-corrected chi connectivity index (χ4v) is 4.43. The summed E-state index contributed by atoms with van der Waals surface area (Å²) in [7, 11) is 0. The lowest BCUT2D eigenvalue weighted by Gasteiger charge is -2.26. The molecule has 0 aliphatic heterocycles. The van der Waals surface area contributed by atoms with Gasteiger partial charge in [-0.15, -0.1) is 0 Å². The summed E-state index contributed by atoms with van der Waals surface area (Å²) in [6.45, 7) is 12.7. The largest absolute Gasteiger partial charge is 0.471 e. The Hall–Kier alpha value is -6.15. The second kappa shape index (κ2) is 17.4. The van der Waals surface area contributed by atoms with Gasteiger partial charge >= 0.3 is 17.9 Å². The Morgan fingerprint density at radius 3 is 1.62 bits per heavy atom. The van der Waals surface area contributed by atoms with Crippen molar-refractivity contribution in [2.24, 2.45) is 0 Å². The summed E-state index contributed by atoms with van der Waals surface area (Å²) in [5.74, 6) is -2.24. The van der Waals surface area contributed by atoms with E-state index in [2.05, 4.69) is 4.85 Å². The Labute approximate surface area is 277 Å². The number of hydrogen-bond acceptors (Lipinski definition) is 9. The average Bonchev–Trinajstić information content (AvgIpc) is 3.08. The van der Waals surface area contributed by atoms with Crippen LogP contribution in [-0.2, 0) is 28.6 Å². The van der Waals surface area contributed by atoms with Gasteiger partial charge in [0.05, 0.1) is 31.4 Å². The maximum Gasteiger partial charge on any atom is 0.350 e. The van der Waals surface area contributed by atoms with E-state index in [4.69, 9.17) is 32.4 Å². The van der Waals surface area contributed by atoms with Crippen molar-refractivity contribution in [2.75, 3.05) is 24.7 Å². The Kier molecular flexibility index (Phi) is 13.1. The van der Waals surface area contributed by atoms with Gasteiger partial charge in [-0.1, -0.05) is 48.0 Å². The van der Waals surface area contributed by atoms with Crippen molar-refractivity contribution in [3.8, 4) is 12.1 Å². The van der Waals surface area contributed by atoms with Gasteiger partial charge in [-0.25, -0.2) is 14.4 Å². The highest BCUT2D eigenvalue weighted by molar-refractivity contribution is 6.51. The zero-order valence-corrected chi connectivity index (χ0v) is 26.6. The number of benzene rings is 3. The van der Waals surface area contributed by atoms with Crippen LogP contribution in [0.25, 0.3) is 22.0 Å². The molecule has 0 atom stereocenters. The van der Waals surface area contributed by atoms with Crippen LogP contribution in [0.2, 0.25) is 0 Å². The third-order valence-electron chi connectivity index (χ3n) is 6.33. The van der Waals surface area contributed by atoms with E-state index in [0.29, 0.717) is 33.8 Å². The number of halogens is 1. The first-order chi connectivity index (χ1) is 22.7. The van der Waals surface area contributed by atoms with Gasteiger partial charge in [0.15, 0.2) is 5.57 Å². The van der Waals surface area contributed by atoms with Crippen LogP contribution in [0, 0.1) is 29.2 Å². The van der Waals surface area contributed by atoms with E-state index in [9.17, 15) is 24.9 Å². The molecule has 11 heteroatoms. The summed E-state index contributed by atoms with van der Waals surface area (Å²) in [4.78, 5) is 41.6. The van der Waals surface area contributed by atoms with E-state index >= 15 is 0 Å². The van der Waals surface area contributed by atoms with Gasteiger partial charge in [0, 0.05) is 17.1 Å². The zero-order valence-electron chi connectivity index (χ0n) is 25.8. The highest BCUT2D eigenvalue weighted by Crippen LogP contribution is 2.36. The van der Waals surface area contributed by atoms with Gasteiger partial charge in [0.25, 0.3) is 5.70 Å². The van der Waals surface area contributed by atoms with Gasteiger partial charge in [-0.05, 0) is 86.0 Å². The highest BCUT2D eigenvalue weighted by atomic mass is 35.5. The first kappa shape index (κ1) is 35.3. The molecule has 0 aliphatic rings. The van der Waals surface area contributed by atoms with Gasteiger partial charge in [0.2, 0.25) is 0 Å². The van der Waals surface area contributed by atoms with Crippen molar-refractivity contribution < 1.29 is 28.6 Å². The molecule has 0 unspecified atom stereocenters. The topological polar surface area (TPSA) is 134 Å². The van der Waals surface area contributed by atoms with Gasteiger partial charge in [-0.3, -0.25) is 4.79 Å². The molecule has 0 bridgehead atoms. The van der Waals surface area contributed by atoms with Crippen molar-refractivity contribution in [3.63, 3.8) is 0 Å². The molecule has 0 amide bonds. The summed E-state index contributed by atoms with van der Waals surface area (Å²) in [6.07, 6.45) is 2.88. The molecule has 0 heterocycles. The third kappa shape index (κ3) is 9.18. The number of anilines is 3. The first-order valence-electron chi connectivity index (χ1n) is 14.3. The minimum absolute atomic E-state index is 0.0524. The Bertz CT molecular complexity index is 1750. The molecule has 3 aromatic carbocycles. The molecule has 0 saturated heterocycles. The molecule has 0 fully saturated rings. The van der Waals surface area contributed by atoms with Crippen LogP contribution in [0.5, 0.6) is 0 Å². The third-order valence-corrected chi connectivity index (χ3v) is 6.73. The van der Waals surface area contributed by atoms with Crippen molar-refractivity contribution in [2.45, 2.75) is 20.8 Å². The molecule has 0 aliphatic carbocycles. The normalized spacial score (nSPS) is 11.6. The number of ether oxygens (including phenoxy) is 3. The minimum Gasteiger partial charge on any atom is -0.471 e. The predicted octanol–water partition coefficient (Wildman–Crippen LogP) is 7.49. The van der Waals surface area contributed by atoms with Gasteiger partial charge < -0.3 is 19.1 Å². The lowest BCUT2D eigenvalue weighted by atomic mass is 10.1. The quantitative estimate of drug-likeness (QED) is 0.0643. The molecule has 47 heavy (non-hydrogen) atoms. The molecule has 0 N–H and O–H groups in total. The zero-order chi connectivity index (χ0) is 34.3. The maximum absolute atomic E-state index is 12.2. The van der Waals surface area contributed by atoms with Crippen molar-refractivity contribution >= 4 is 63.8 Å². The number of nitrogens with zero attached hydrogens (tertiary/aromatic N) is 4. The molecular formula is C36H29ClN4O6. The van der Waals surface area contributed by atoms with Crippen molar-refractivity contribution in [1.82, 2.24) is 0 Å². The van der Waals surface area contributed by atoms with Crippen LogP contribution in [0.3, 0.4) is 0 Å². The van der Waals surface area contributed by atoms with E-state index < -0.39 is 17.9 Å². The highest BCUT2D eigenvalue weighted by Gasteiger charge is 2.19. The summed E-state index contributed by atoms with van der Waals surface area (Å²) < 4.78 is 14.8. The average molecular weight is 649 g/mol. The standard InChI is InChI=1S/C36H29ClN4O6/c1-5-45-34(42)27(22-38)20-24-8-14-28(15-9-24)41(29-16-10-25(11-17-29)21-32(40-4)36(44)47-7-3)30-18-12-26(13-19-30)33(37)31(23-39)35(43)46-6-2/h8-21H,5-7H2,1-3H3/b27-20+,32-21-,33-31-. The molecule has 10 nitrogen and oxygen atoms in total. The lowest BCUT2D eigenvalue weighted by Crippen LogP contribution is -2.10. The van der Waals surface area contributed by atoms with Crippen LogP contribution < -0.4 is 4.90 Å². The van der Waals surface area contributed by atoms with Crippen LogP contribution in [0.1, 0.15) is 37.5 Å². The second-order valence-corrected chi connectivity index (χ2v) is 9.72. The predicted molar refractivity (Wildman–Crippen MR) is 178 cm³/mol. The van der Waals surface area contributed by atoms with Gasteiger partial charge in [0.1, 0.15) is 17.7 Å². The lowest BCUT2D eigenvalue weighted by molar-refractivity contribution is -0.138. The minimum atomic E-state index is -0.819. The maximum atomic E-state index is 12.2. The number of hydrogen-bond donors (Lipinski definition) is 0. The van der Waals surface area contributed by atoms with Crippen LogP contribution in [0.15, 0.2) is 89.6 Å². The summed E-state index contributed by atoms with van der Waals surface area (Å²) in [6, 6.07) is 24.7. The summed E-state index contributed by atoms with van der Waals surface area (Å²) >= 11 is 6.42. The number of nitriles is 2. The van der Waals surface area contributed by atoms with E-state index in [0.717, 1.165) is 0 Å². The van der Waals surface area contributed by atoms with Crippen molar-refractivity contribution in [1.29, 1.82) is 10.5 Å². The van der Waals surface area contributed by atoms with Crippen LogP contribution >= 0.6 is 11.6 Å². The molecule has 0 radical (unpaired) electrons. The monoisotopic (exact) mass is 648 g/mol. The SMILES string of the molecule is [C-]#[N+]/C(=C\c1ccc(N(c2ccc(/C=C(\C#N)C(=O)OCC)cc2)c2ccc(/C(Cl)=C(\C#N)C(=O)OCC)cc2)cc1)C(=O)OCC. The fraction of sp³-hybridized carbons (Fsp3) is 0.167. The number of esters is 3. The van der Waals surface area contributed by atoms with E-state index in [1.165, 1.54) is 12.2 Å². The molecule has 3 aromatic rings. The summed E-state index contributed by atoms with van der Waals surface area (Å²) in [5.41, 5.74) is 3.10. The second-order valence-electron chi connectivity index (χ2n) is 9.34. The first-order valence-corrected chi connectivity index (χ1v) is 14.7. The van der Waals surface area contributed by atoms with Crippen LogP contribution in [0.4, 0.5) is 17.1 Å². The molecule has 0 saturated carbocycles. The Morgan fingerprint density at radius 2 is 1.17 bits per heavy atom. The van der Waals surface area contributed by atoms with Gasteiger partial charge in [-0.2, -0.15) is 10.5 Å². The molecule has 0 spiro atoms. The Balaban J connectivity index is 2.09. The molecule has 3 rings (SSSR count). The fourth-order valence-electron chi connectivity index (χ4n) is 4.19. The molecular weight excluding hydrogens is 620 g/mol. The molecule has 236 valence electrons. The smallest absolute Gasteiger partial charge is 0.350 e. The molecule has 0 aromatic heterocycles. The van der Waals surface area contributed by atoms with E-state index in [-0.39, 0.29) is 41.7 Å². The number of rotatable bonds is 12. The Morgan fingerprint density at radius 1 is 0.723 bits per heavy atom. The van der Waals surface area contributed by atoms with Crippen LogP contribution in [-0.4, -0.2) is 37.7 Å². The number of carbonyl (C=O) groups excluding carboxylic acids is 3. The van der Waals surface area contributed by atoms with E-state index in [1.807, 2.05) is 11.0 Å². The van der Waals surface area contributed by atoms with Crippen molar-refractivity contribution in [3.05, 3.63) is 118 Å². The number of carbonyl (C=O) groups is 3.